The monoisotopic (exact) mass is 317 g/mol. The highest BCUT2D eigenvalue weighted by Gasteiger charge is 2.26. The summed E-state index contributed by atoms with van der Waals surface area (Å²) in [6, 6.07) is 3.85. The summed E-state index contributed by atoms with van der Waals surface area (Å²) in [6.45, 7) is 11.1. The normalized spacial score (nSPS) is 12.3. The molecule has 0 saturated carbocycles. The molecular weight excluding hydrogens is 290 g/mol. The molecule has 1 heterocycles. The number of ether oxygens (including phenoxy) is 2. The maximum atomic E-state index is 5.47. The molecule has 0 aliphatic heterocycles. The van der Waals surface area contributed by atoms with Gasteiger partial charge in [0.1, 0.15) is 17.7 Å². The molecule has 23 heavy (non-hydrogen) atoms. The van der Waals surface area contributed by atoms with Crippen molar-refractivity contribution < 1.29 is 9.47 Å². The lowest BCUT2D eigenvalue weighted by Gasteiger charge is -2.34. The van der Waals surface area contributed by atoms with Gasteiger partial charge in [0.15, 0.2) is 11.5 Å². The second kappa shape index (κ2) is 6.22. The third-order valence-electron chi connectivity index (χ3n) is 3.58. The van der Waals surface area contributed by atoms with Gasteiger partial charge in [-0.2, -0.15) is 0 Å². The van der Waals surface area contributed by atoms with E-state index in [-0.39, 0.29) is 11.0 Å². The number of methoxy groups -OCH3 is 2. The molecule has 0 spiro atoms. The highest BCUT2D eigenvalue weighted by Crippen LogP contribution is 2.37. The van der Waals surface area contributed by atoms with E-state index in [4.69, 9.17) is 9.47 Å². The third-order valence-corrected chi connectivity index (χ3v) is 3.58. The van der Waals surface area contributed by atoms with E-state index in [0.717, 1.165) is 23.1 Å². The molecule has 0 radical (unpaired) electrons. The van der Waals surface area contributed by atoms with E-state index in [1.807, 2.05) is 12.1 Å². The Morgan fingerprint density at radius 2 is 1.70 bits per heavy atom. The van der Waals surface area contributed by atoms with Crippen LogP contribution in [0.5, 0.6) is 11.5 Å². The van der Waals surface area contributed by atoms with Gasteiger partial charge in [-0.3, -0.25) is 0 Å². The fourth-order valence-corrected chi connectivity index (χ4v) is 3.23. The Bertz CT molecular complexity index is 690. The molecule has 0 amide bonds. The molecule has 2 aromatic rings. The third kappa shape index (κ3) is 4.03. The van der Waals surface area contributed by atoms with Gasteiger partial charge in [-0.15, -0.1) is 0 Å². The summed E-state index contributed by atoms with van der Waals surface area (Å²) in [5, 5.41) is 4.48. The minimum atomic E-state index is -0.0906. The number of aromatic nitrogens is 2. The molecule has 5 nitrogen and oxygen atoms in total. The molecule has 2 rings (SSSR count). The highest BCUT2D eigenvalue weighted by molar-refractivity contribution is 5.94. The lowest BCUT2D eigenvalue weighted by atomic mass is 9.82. The lowest BCUT2D eigenvalue weighted by Crippen LogP contribution is -2.35. The van der Waals surface area contributed by atoms with E-state index < -0.39 is 0 Å². The Labute approximate surface area is 138 Å². The Morgan fingerprint density at radius 1 is 1.00 bits per heavy atom. The molecule has 0 bridgehead atoms. The molecular formula is C18H27N3O2. The van der Waals surface area contributed by atoms with Crippen LogP contribution in [0.3, 0.4) is 0 Å². The van der Waals surface area contributed by atoms with Crippen LogP contribution in [0.2, 0.25) is 0 Å². The molecule has 126 valence electrons. The molecule has 0 saturated heterocycles. The van der Waals surface area contributed by atoms with E-state index >= 15 is 0 Å². The summed E-state index contributed by atoms with van der Waals surface area (Å²) in [7, 11) is 3.24. The van der Waals surface area contributed by atoms with Gasteiger partial charge in [0.2, 0.25) is 0 Å². The first-order valence-corrected chi connectivity index (χ1v) is 7.81. The molecule has 0 atom stereocenters. The number of fused-ring (bicyclic) bond motifs is 1. The van der Waals surface area contributed by atoms with Gasteiger partial charge >= 0.3 is 0 Å². The van der Waals surface area contributed by atoms with Gasteiger partial charge in [-0.05, 0) is 37.8 Å². The predicted octanol–water partition coefficient (Wildman–Crippen LogP) is 4.27. The van der Waals surface area contributed by atoms with Crippen LogP contribution in [-0.2, 0) is 0 Å². The average molecular weight is 317 g/mol. The first-order valence-electron chi connectivity index (χ1n) is 7.81. The van der Waals surface area contributed by atoms with Crippen LogP contribution in [-0.4, -0.2) is 29.7 Å². The first kappa shape index (κ1) is 17.3. The number of anilines is 1. The quantitative estimate of drug-likeness (QED) is 0.892. The molecule has 0 unspecified atom stereocenters. The van der Waals surface area contributed by atoms with Crippen molar-refractivity contribution in [1.82, 2.24) is 9.97 Å². The Hall–Kier alpha value is -2.04. The molecule has 0 fully saturated rings. The summed E-state index contributed by atoms with van der Waals surface area (Å²) in [4.78, 5) is 8.80. The van der Waals surface area contributed by atoms with Gasteiger partial charge in [0.25, 0.3) is 0 Å². The number of hydrogen-bond donors (Lipinski definition) is 1. The van der Waals surface area contributed by atoms with E-state index in [0.29, 0.717) is 11.5 Å². The number of nitrogens with one attached hydrogen (secondary N) is 1. The number of benzene rings is 1. The molecule has 1 aromatic carbocycles. The Morgan fingerprint density at radius 3 is 2.26 bits per heavy atom. The van der Waals surface area contributed by atoms with Gasteiger partial charge < -0.3 is 14.8 Å². The fraction of sp³-hybridized carbons (Fsp3) is 0.556. The lowest BCUT2D eigenvalue weighted by molar-refractivity contribution is 0.302. The van der Waals surface area contributed by atoms with Crippen LogP contribution in [0, 0.1) is 5.41 Å². The maximum absolute atomic E-state index is 5.47. The highest BCUT2D eigenvalue weighted by atomic mass is 16.5. The van der Waals surface area contributed by atoms with E-state index in [1.54, 1.807) is 20.5 Å². The van der Waals surface area contributed by atoms with Crippen molar-refractivity contribution in [2.24, 2.45) is 5.41 Å². The standard InChI is InChI=1S/C18H27N3O2/c1-17(2,3)10-18(4,5)21-16-12-8-9-13(22-6)15(23-7)14(12)19-11-20-16/h8-9,11H,10H2,1-7H3,(H,19,20,21). The van der Waals surface area contributed by atoms with Crippen LogP contribution < -0.4 is 14.8 Å². The molecule has 5 heteroatoms. The molecule has 0 aliphatic carbocycles. The van der Waals surface area contributed by atoms with Crippen molar-refractivity contribution in [3.8, 4) is 11.5 Å². The van der Waals surface area contributed by atoms with Gasteiger partial charge in [0.05, 0.1) is 14.2 Å². The van der Waals surface area contributed by atoms with Crippen LogP contribution in [0.4, 0.5) is 5.82 Å². The van der Waals surface area contributed by atoms with Crippen LogP contribution in [0.25, 0.3) is 10.9 Å². The maximum Gasteiger partial charge on any atom is 0.187 e. The Kier molecular flexibility index (Phi) is 4.68. The van der Waals surface area contributed by atoms with Crippen LogP contribution >= 0.6 is 0 Å². The number of rotatable bonds is 5. The van der Waals surface area contributed by atoms with Crippen molar-refractivity contribution in [2.75, 3.05) is 19.5 Å². The largest absolute Gasteiger partial charge is 0.493 e. The van der Waals surface area contributed by atoms with Crippen molar-refractivity contribution in [2.45, 2.75) is 46.6 Å². The number of hydrogen-bond acceptors (Lipinski definition) is 5. The topological polar surface area (TPSA) is 56.3 Å². The Balaban J connectivity index is 2.46. The zero-order valence-electron chi connectivity index (χ0n) is 15.2. The zero-order valence-corrected chi connectivity index (χ0v) is 15.2. The summed E-state index contributed by atoms with van der Waals surface area (Å²) >= 11 is 0. The minimum absolute atomic E-state index is 0.0906. The molecule has 0 aliphatic rings. The van der Waals surface area contributed by atoms with Crippen molar-refractivity contribution in [3.05, 3.63) is 18.5 Å². The van der Waals surface area contributed by atoms with Crippen LogP contribution in [0.15, 0.2) is 18.5 Å². The molecule has 1 aromatic heterocycles. The van der Waals surface area contributed by atoms with Crippen molar-refractivity contribution in [1.29, 1.82) is 0 Å². The smallest absolute Gasteiger partial charge is 0.187 e. The van der Waals surface area contributed by atoms with Gasteiger partial charge in [-0.1, -0.05) is 20.8 Å². The predicted molar refractivity (Wildman–Crippen MR) is 94.4 cm³/mol. The SMILES string of the molecule is COc1ccc2c(NC(C)(C)CC(C)(C)C)ncnc2c1OC. The summed E-state index contributed by atoms with van der Waals surface area (Å²) in [5.41, 5.74) is 0.878. The van der Waals surface area contributed by atoms with Gasteiger partial charge in [-0.25, -0.2) is 9.97 Å². The summed E-state index contributed by atoms with van der Waals surface area (Å²) in [5.74, 6) is 2.10. The number of nitrogens with zero attached hydrogens (tertiary/aromatic N) is 2. The first-order chi connectivity index (χ1) is 10.7. The second-order valence-electron chi connectivity index (χ2n) is 7.67. The van der Waals surface area contributed by atoms with Crippen molar-refractivity contribution in [3.63, 3.8) is 0 Å². The van der Waals surface area contributed by atoms with E-state index in [2.05, 4.69) is 49.9 Å². The van der Waals surface area contributed by atoms with E-state index in [9.17, 15) is 0 Å². The fourth-order valence-electron chi connectivity index (χ4n) is 3.23. The summed E-state index contributed by atoms with van der Waals surface area (Å²) in [6.07, 6.45) is 2.57. The summed E-state index contributed by atoms with van der Waals surface area (Å²) < 4.78 is 10.8. The van der Waals surface area contributed by atoms with Crippen LogP contribution in [0.1, 0.15) is 41.0 Å². The minimum Gasteiger partial charge on any atom is -0.493 e. The average Bonchev–Trinajstić information content (AvgIpc) is 2.43. The molecule has 1 N–H and O–H groups in total. The van der Waals surface area contributed by atoms with Gasteiger partial charge in [0, 0.05) is 10.9 Å². The van der Waals surface area contributed by atoms with E-state index in [1.165, 1.54) is 0 Å². The second-order valence-corrected chi connectivity index (χ2v) is 7.67. The van der Waals surface area contributed by atoms with Crippen molar-refractivity contribution >= 4 is 16.7 Å². The zero-order chi connectivity index (χ0) is 17.3.